The Kier molecular flexibility index (Phi) is 50.0. The van der Waals surface area contributed by atoms with Crippen molar-refractivity contribution < 1.29 is 28.6 Å². The minimum Gasteiger partial charge on any atom is -0.462 e. The molecule has 65 heavy (non-hydrogen) atoms. The van der Waals surface area contributed by atoms with Crippen molar-refractivity contribution in [1.82, 2.24) is 0 Å². The molecule has 0 rings (SSSR count). The minimum atomic E-state index is -0.793. The fourth-order valence-corrected chi connectivity index (χ4v) is 7.13. The van der Waals surface area contributed by atoms with Crippen molar-refractivity contribution in [2.45, 2.75) is 245 Å². The highest BCUT2D eigenvalue weighted by Gasteiger charge is 2.19. The van der Waals surface area contributed by atoms with Crippen molar-refractivity contribution in [3.63, 3.8) is 0 Å². The maximum atomic E-state index is 12.8. The van der Waals surface area contributed by atoms with Crippen LogP contribution in [-0.2, 0) is 28.6 Å². The second-order valence-electron chi connectivity index (χ2n) is 17.4. The Bertz CT molecular complexity index is 1310. The number of hydrogen-bond acceptors (Lipinski definition) is 6. The SMILES string of the molecule is CC/C=C\C/C=C\C/C=C\C/C=C\C/C=C\CCCCCCCCCCCC(=O)OCC(COC(=O)CCCCCCCCCCC)OC(=O)CCCCC/C=C\C/C=C\C/C=C\CC. The first-order valence-electron chi connectivity index (χ1n) is 26.7. The van der Waals surface area contributed by atoms with Crippen LogP contribution in [0.15, 0.2) is 97.2 Å². The first-order valence-corrected chi connectivity index (χ1v) is 26.7. The van der Waals surface area contributed by atoms with E-state index in [2.05, 4.69) is 118 Å². The summed E-state index contributed by atoms with van der Waals surface area (Å²) in [5, 5.41) is 0. The lowest BCUT2D eigenvalue weighted by Gasteiger charge is -2.18. The standard InChI is InChI=1S/C59H98O6/c1-4-7-10-13-16-19-21-23-24-25-26-27-28-29-30-31-32-33-34-36-37-40-43-46-49-52-58(61)64-55-56(54-63-57(60)51-48-45-42-39-18-15-12-9-6-3)65-59(62)53-50-47-44-41-38-35-22-20-17-14-11-8-5-2/h7-8,10-11,16-17,19-20,23-24,26-27,29-30,35,38,56H,4-6,9,12-15,18,21-22,25,28,31-34,36-37,39-55H2,1-3H3/b10-7-,11-8-,19-16-,20-17-,24-23-,27-26-,30-29-,38-35-. The molecule has 0 aromatic carbocycles. The van der Waals surface area contributed by atoms with Gasteiger partial charge in [0.1, 0.15) is 13.2 Å². The van der Waals surface area contributed by atoms with E-state index in [0.29, 0.717) is 19.3 Å². The lowest BCUT2D eigenvalue weighted by Crippen LogP contribution is -2.30. The van der Waals surface area contributed by atoms with Gasteiger partial charge < -0.3 is 14.2 Å². The van der Waals surface area contributed by atoms with Gasteiger partial charge in [0.15, 0.2) is 6.10 Å². The number of ether oxygens (including phenoxy) is 3. The molecule has 1 unspecified atom stereocenters. The number of rotatable bonds is 47. The van der Waals surface area contributed by atoms with Crippen LogP contribution in [0.25, 0.3) is 0 Å². The van der Waals surface area contributed by atoms with Crippen molar-refractivity contribution in [2.24, 2.45) is 0 Å². The van der Waals surface area contributed by atoms with Gasteiger partial charge >= 0.3 is 17.9 Å². The topological polar surface area (TPSA) is 78.9 Å². The minimum absolute atomic E-state index is 0.0905. The number of carbonyl (C=O) groups is 3. The largest absolute Gasteiger partial charge is 0.462 e. The lowest BCUT2D eigenvalue weighted by molar-refractivity contribution is -0.167. The van der Waals surface area contributed by atoms with Gasteiger partial charge in [0.25, 0.3) is 0 Å². The summed E-state index contributed by atoms with van der Waals surface area (Å²) in [6, 6.07) is 0. The van der Waals surface area contributed by atoms with Crippen LogP contribution >= 0.6 is 0 Å². The molecule has 0 aromatic heterocycles. The molecule has 0 aromatic rings. The summed E-state index contributed by atoms with van der Waals surface area (Å²) >= 11 is 0. The van der Waals surface area contributed by atoms with Gasteiger partial charge in [-0.15, -0.1) is 0 Å². The van der Waals surface area contributed by atoms with Crippen LogP contribution < -0.4 is 0 Å². The highest BCUT2D eigenvalue weighted by Crippen LogP contribution is 2.14. The average molecular weight is 903 g/mol. The average Bonchev–Trinajstić information content (AvgIpc) is 3.30. The van der Waals surface area contributed by atoms with E-state index in [9.17, 15) is 14.4 Å². The molecule has 6 heteroatoms. The van der Waals surface area contributed by atoms with Crippen molar-refractivity contribution in [1.29, 1.82) is 0 Å². The van der Waals surface area contributed by atoms with Gasteiger partial charge in [-0.3, -0.25) is 14.4 Å². The summed E-state index contributed by atoms with van der Waals surface area (Å²) in [4.78, 5) is 37.9. The van der Waals surface area contributed by atoms with Gasteiger partial charge in [-0.05, 0) is 96.3 Å². The molecule has 0 spiro atoms. The highest BCUT2D eigenvalue weighted by atomic mass is 16.6. The molecule has 0 bridgehead atoms. The Morgan fingerprint density at radius 2 is 0.600 bits per heavy atom. The second-order valence-corrected chi connectivity index (χ2v) is 17.4. The highest BCUT2D eigenvalue weighted by molar-refractivity contribution is 5.71. The first-order chi connectivity index (χ1) is 32.0. The van der Waals surface area contributed by atoms with Crippen LogP contribution in [0.1, 0.15) is 239 Å². The van der Waals surface area contributed by atoms with E-state index in [0.717, 1.165) is 122 Å². The smallest absolute Gasteiger partial charge is 0.306 e. The molecule has 0 radical (unpaired) electrons. The molecule has 0 saturated heterocycles. The predicted octanol–water partition coefficient (Wildman–Crippen LogP) is 17.8. The third-order valence-corrected chi connectivity index (χ3v) is 11.1. The molecule has 370 valence electrons. The maximum absolute atomic E-state index is 12.8. The molecule has 0 aliphatic heterocycles. The molecular formula is C59H98O6. The quantitative estimate of drug-likeness (QED) is 0.0262. The summed E-state index contributed by atoms with van der Waals surface area (Å²) in [7, 11) is 0. The van der Waals surface area contributed by atoms with E-state index in [4.69, 9.17) is 14.2 Å². The molecule has 0 amide bonds. The van der Waals surface area contributed by atoms with Gasteiger partial charge in [0.05, 0.1) is 0 Å². The van der Waals surface area contributed by atoms with Gasteiger partial charge in [-0.25, -0.2) is 0 Å². The van der Waals surface area contributed by atoms with E-state index in [-0.39, 0.29) is 31.1 Å². The summed E-state index contributed by atoms with van der Waals surface area (Å²) < 4.78 is 16.7. The Labute approximate surface area is 400 Å². The Hall–Kier alpha value is -3.67. The molecule has 0 heterocycles. The number of esters is 3. The molecule has 0 N–H and O–H groups in total. The van der Waals surface area contributed by atoms with E-state index >= 15 is 0 Å². The normalized spacial score (nSPS) is 12.8. The van der Waals surface area contributed by atoms with E-state index in [1.807, 2.05) is 0 Å². The molecule has 0 aliphatic carbocycles. The van der Waals surface area contributed by atoms with E-state index in [1.165, 1.54) is 77.0 Å². The zero-order chi connectivity index (χ0) is 47.2. The lowest BCUT2D eigenvalue weighted by atomic mass is 10.1. The predicted molar refractivity (Wildman–Crippen MR) is 279 cm³/mol. The first kappa shape index (κ1) is 61.3. The Balaban J connectivity index is 4.27. The molecule has 0 aliphatic rings. The van der Waals surface area contributed by atoms with E-state index < -0.39 is 6.10 Å². The Morgan fingerprint density at radius 3 is 0.954 bits per heavy atom. The number of carbonyl (C=O) groups excluding carboxylic acids is 3. The van der Waals surface area contributed by atoms with Gasteiger partial charge in [0.2, 0.25) is 0 Å². The monoisotopic (exact) mass is 903 g/mol. The van der Waals surface area contributed by atoms with Gasteiger partial charge in [-0.2, -0.15) is 0 Å². The fourth-order valence-electron chi connectivity index (χ4n) is 7.13. The third-order valence-electron chi connectivity index (χ3n) is 11.1. The van der Waals surface area contributed by atoms with Gasteiger partial charge in [0, 0.05) is 19.3 Å². The molecule has 6 nitrogen and oxygen atoms in total. The van der Waals surface area contributed by atoms with E-state index in [1.54, 1.807) is 0 Å². The molecule has 0 fully saturated rings. The van der Waals surface area contributed by atoms with Gasteiger partial charge in [-0.1, -0.05) is 221 Å². The Morgan fingerprint density at radius 1 is 0.323 bits per heavy atom. The molecule has 0 saturated carbocycles. The van der Waals surface area contributed by atoms with Crippen LogP contribution in [0.3, 0.4) is 0 Å². The van der Waals surface area contributed by atoms with Crippen LogP contribution in [0, 0.1) is 0 Å². The van der Waals surface area contributed by atoms with Crippen molar-refractivity contribution >= 4 is 17.9 Å². The summed E-state index contributed by atoms with van der Waals surface area (Å²) in [5.41, 5.74) is 0. The molecule has 1 atom stereocenters. The van der Waals surface area contributed by atoms with Crippen molar-refractivity contribution in [3.8, 4) is 0 Å². The number of unbranched alkanes of at least 4 members (excludes halogenated alkanes) is 20. The summed E-state index contributed by atoms with van der Waals surface area (Å²) in [6.07, 6.45) is 69.8. The summed E-state index contributed by atoms with van der Waals surface area (Å²) in [6.45, 7) is 6.35. The third kappa shape index (κ3) is 51.2. The second kappa shape index (κ2) is 52.9. The van der Waals surface area contributed by atoms with Crippen molar-refractivity contribution in [3.05, 3.63) is 97.2 Å². The zero-order valence-corrected chi connectivity index (χ0v) is 42.2. The summed E-state index contributed by atoms with van der Waals surface area (Å²) in [5.74, 6) is -0.931. The van der Waals surface area contributed by atoms with Crippen LogP contribution in [0.2, 0.25) is 0 Å². The zero-order valence-electron chi connectivity index (χ0n) is 42.2. The fraction of sp³-hybridized carbons (Fsp3) is 0.678. The van der Waals surface area contributed by atoms with Crippen LogP contribution in [-0.4, -0.2) is 37.2 Å². The maximum Gasteiger partial charge on any atom is 0.306 e. The van der Waals surface area contributed by atoms with Crippen LogP contribution in [0.5, 0.6) is 0 Å². The van der Waals surface area contributed by atoms with Crippen LogP contribution in [0.4, 0.5) is 0 Å². The number of hydrogen-bond donors (Lipinski definition) is 0. The van der Waals surface area contributed by atoms with Crippen molar-refractivity contribution in [2.75, 3.05) is 13.2 Å². The number of allylic oxidation sites excluding steroid dienone is 16. The molecular weight excluding hydrogens is 805 g/mol.